The highest BCUT2D eigenvalue weighted by atomic mass is 35.5. The van der Waals surface area contributed by atoms with Gasteiger partial charge in [0.1, 0.15) is 5.75 Å². The molecule has 0 bridgehead atoms. The van der Waals surface area contributed by atoms with Crippen molar-refractivity contribution in [1.82, 2.24) is 0 Å². The number of halogens is 1. The van der Waals surface area contributed by atoms with Crippen LogP contribution in [0.4, 0.5) is 5.69 Å². The smallest absolute Gasteiger partial charge is 0.142 e. The Hall–Kier alpha value is -0.890. The van der Waals surface area contributed by atoms with E-state index in [0.29, 0.717) is 17.3 Å². The van der Waals surface area contributed by atoms with Crippen molar-refractivity contribution in [1.29, 1.82) is 0 Å². The lowest BCUT2D eigenvalue weighted by atomic mass is 10.2. The molecule has 0 heterocycles. The van der Waals surface area contributed by atoms with Crippen molar-refractivity contribution in [3.05, 3.63) is 22.7 Å². The van der Waals surface area contributed by atoms with Gasteiger partial charge in [-0.15, -0.1) is 0 Å². The Morgan fingerprint density at radius 1 is 1.46 bits per heavy atom. The molecule has 0 aromatic heterocycles. The van der Waals surface area contributed by atoms with Gasteiger partial charge in [0, 0.05) is 5.02 Å². The van der Waals surface area contributed by atoms with E-state index in [-0.39, 0.29) is 0 Å². The molecule has 72 valence electrons. The number of hydrogen-bond acceptors (Lipinski definition) is 2. The van der Waals surface area contributed by atoms with Gasteiger partial charge < -0.3 is 10.5 Å². The van der Waals surface area contributed by atoms with Gasteiger partial charge in [-0.25, -0.2) is 0 Å². The Morgan fingerprint density at radius 2 is 2.15 bits per heavy atom. The molecular weight excluding hydrogens is 186 g/mol. The predicted octanol–water partition coefficient (Wildman–Crippen LogP) is 3.02. The number of nitrogens with two attached hydrogens (primary N) is 1. The quantitative estimate of drug-likeness (QED) is 0.760. The summed E-state index contributed by atoms with van der Waals surface area (Å²) in [6.45, 7) is 4.67. The maximum absolute atomic E-state index is 5.88. The minimum atomic E-state index is 0.601. The number of benzene rings is 1. The summed E-state index contributed by atoms with van der Waals surface area (Å²) in [4.78, 5) is 0. The van der Waals surface area contributed by atoms with E-state index in [9.17, 15) is 0 Å². The van der Waals surface area contributed by atoms with Crippen molar-refractivity contribution in [2.75, 3.05) is 12.3 Å². The summed E-state index contributed by atoms with van der Waals surface area (Å²) in [7, 11) is 0. The summed E-state index contributed by atoms with van der Waals surface area (Å²) in [6.07, 6.45) is 0.973. The molecular formula is C10H14ClNO. The van der Waals surface area contributed by atoms with E-state index in [0.717, 1.165) is 17.7 Å². The van der Waals surface area contributed by atoms with Gasteiger partial charge in [-0.1, -0.05) is 18.5 Å². The average molecular weight is 200 g/mol. The van der Waals surface area contributed by atoms with Crippen LogP contribution in [0.3, 0.4) is 0 Å². The number of hydrogen-bond donors (Lipinski definition) is 1. The second kappa shape index (κ2) is 4.38. The Labute approximate surface area is 83.6 Å². The average Bonchev–Trinajstić information content (AvgIpc) is 2.09. The third kappa shape index (κ3) is 2.52. The zero-order valence-electron chi connectivity index (χ0n) is 7.93. The van der Waals surface area contributed by atoms with Gasteiger partial charge in [-0.2, -0.15) is 0 Å². The van der Waals surface area contributed by atoms with Gasteiger partial charge in [0.15, 0.2) is 0 Å². The molecule has 2 N–H and O–H groups in total. The van der Waals surface area contributed by atoms with Gasteiger partial charge in [0.25, 0.3) is 0 Å². The predicted molar refractivity (Wildman–Crippen MR) is 56.4 cm³/mol. The minimum Gasteiger partial charge on any atom is -0.491 e. The monoisotopic (exact) mass is 199 g/mol. The highest BCUT2D eigenvalue weighted by Gasteiger charge is 2.03. The molecule has 0 unspecified atom stereocenters. The van der Waals surface area contributed by atoms with Crippen LogP contribution in [-0.4, -0.2) is 6.61 Å². The Morgan fingerprint density at radius 3 is 2.77 bits per heavy atom. The van der Waals surface area contributed by atoms with E-state index < -0.39 is 0 Å². The van der Waals surface area contributed by atoms with Crippen molar-refractivity contribution in [3.63, 3.8) is 0 Å². The van der Waals surface area contributed by atoms with Crippen molar-refractivity contribution >= 4 is 17.3 Å². The first kappa shape index (κ1) is 10.2. The zero-order chi connectivity index (χ0) is 9.84. The first-order chi connectivity index (χ1) is 6.15. The molecule has 3 heteroatoms. The molecule has 0 saturated carbocycles. The molecule has 0 atom stereocenters. The minimum absolute atomic E-state index is 0.601. The molecule has 0 aliphatic carbocycles. The second-order valence-corrected chi connectivity index (χ2v) is 3.39. The molecule has 0 spiro atoms. The zero-order valence-corrected chi connectivity index (χ0v) is 8.69. The topological polar surface area (TPSA) is 35.2 Å². The van der Waals surface area contributed by atoms with Crippen LogP contribution in [0.1, 0.15) is 18.9 Å². The maximum Gasteiger partial charge on any atom is 0.142 e. The van der Waals surface area contributed by atoms with Crippen molar-refractivity contribution in [3.8, 4) is 5.75 Å². The number of rotatable bonds is 3. The molecule has 0 saturated heterocycles. The van der Waals surface area contributed by atoms with Crippen molar-refractivity contribution in [2.24, 2.45) is 0 Å². The fourth-order valence-electron chi connectivity index (χ4n) is 1.01. The molecule has 2 nitrogen and oxygen atoms in total. The van der Waals surface area contributed by atoms with E-state index in [1.165, 1.54) is 0 Å². The van der Waals surface area contributed by atoms with Gasteiger partial charge >= 0.3 is 0 Å². The summed E-state index contributed by atoms with van der Waals surface area (Å²) in [5.41, 5.74) is 7.31. The van der Waals surface area contributed by atoms with Crippen LogP contribution >= 0.6 is 11.6 Å². The van der Waals surface area contributed by atoms with Gasteiger partial charge in [-0.3, -0.25) is 0 Å². The molecule has 1 aromatic carbocycles. The third-order valence-corrected chi connectivity index (χ3v) is 2.16. The van der Waals surface area contributed by atoms with Gasteiger partial charge in [-0.05, 0) is 31.0 Å². The molecule has 1 aromatic rings. The van der Waals surface area contributed by atoms with Crippen LogP contribution < -0.4 is 10.5 Å². The normalized spacial score (nSPS) is 10.1. The summed E-state index contributed by atoms with van der Waals surface area (Å²) in [6, 6.07) is 3.59. The molecule has 0 fully saturated rings. The maximum atomic E-state index is 5.88. The lowest BCUT2D eigenvalue weighted by Crippen LogP contribution is -1.99. The van der Waals surface area contributed by atoms with E-state index in [4.69, 9.17) is 22.1 Å². The largest absolute Gasteiger partial charge is 0.491 e. The number of ether oxygens (including phenoxy) is 1. The van der Waals surface area contributed by atoms with Crippen LogP contribution in [-0.2, 0) is 0 Å². The summed E-state index contributed by atoms with van der Waals surface area (Å²) in [5.74, 6) is 0.726. The van der Waals surface area contributed by atoms with Gasteiger partial charge in [0.2, 0.25) is 0 Å². The molecule has 13 heavy (non-hydrogen) atoms. The molecule has 0 aliphatic rings. The highest BCUT2D eigenvalue weighted by molar-refractivity contribution is 6.31. The SMILES string of the molecule is CCCOc1cc(C)c(Cl)cc1N. The summed E-state index contributed by atoms with van der Waals surface area (Å²) in [5, 5.41) is 0.682. The van der Waals surface area contributed by atoms with Crippen LogP contribution in [0, 0.1) is 6.92 Å². The molecule has 1 rings (SSSR count). The Kier molecular flexibility index (Phi) is 3.43. The number of anilines is 1. The first-order valence-corrected chi connectivity index (χ1v) is 4.71. The summed E-state index contributed by atoms with van der Waals surface area (Å²) < 4.78 is 5.44. The van der Waals surface area contributed by atoms with Gasteiger partial charge in [0.05, 0.1) is 12.3 Å². The lowest BCUT2D eigenvalue weighted by Gasteiger charge is -2.09. The van der Waals surface area contributed by atoms with E-state index in [1.54, 1.807) is 6.07 Å². The van der Waals surface area contributed by atoms with E-state index in [2.05, 4.69) is 6.92 Å². The van der Waals surface area contributed by atoms with Crippen LogP contribution in [0.2, 0.25) is 5.02 Å². The Bertz CT molecular complexity index is 299. The van der Waals surface area contributed by atoms with E-state index >= 15 is 0 Å². The Balaban J connectivity index is 2.88. The van der Waals surface area contributed by atoms with Crippen molar-refractivity contribution in [2.45, 2.75) is 20.3 Å². The molecule has 0 radical (unpaired) electrons. The standard InChI is InChI=1S/C10H14ClNO/c1-3-4-13-10-5-7(2)8(11)6-9(10)12/h5-6H,3-4,12H2,1-2H3. The highest BCUT2D eigenvalue weighted by Crippen LogP contribution is 2.28. The van der Waals surface area contributed by atoms with E-state index in [1.807, 2.05) is 13.0 Å². The fraction of sp³-hybridized carbons (Fsp3) is 0.400. The number of nitrogen functional groups attached to an aromatic ring is 1. The number of aryl methyl sites for hydroxylation is 1. The fourth-order valence-corrected chi connectivity index (χ4v) is 1.18. The second-order valence-electron chi connectivity index (χ2n) is 2.99. The molecule has 0 aliphatic heterocycles. The summed E-state index contributed by atoms with van der Waals surface area (Å²) >= 11 is 5.88. The van der Waals surface area contributed by atoms with Crippen LogP contribution in [0.15, 0.2) is 12.1 Å². The third-order valence-electron chi connectivity index (χ3n) is 1.75. The van der Waals surface area contributed by atoms with Crippen molar-refractivity contribution < 1.29 is 4.74 Å². The lowest BCUT2D eigenvalue weighted by molar-refractivity contribution is 0.319. The van der Waals surface area contributed by atoms with Crippen LogP contribution in [0.5, 0.6) is 5.75 Å². The molecule has 0 amide bonds. The van der Waals surface area contributed by atoms with Crippen LogP contribution in [0.25, 0.3) is 0 Å². The first-order valence-electron chi connectivity index (χ1n) is 4.33.